The largest absolute Gasteiger partial charge is 0.301 e. The molecule has 0 fully saturated rings. The maximum absolute atomic E-state index is 10.8. The molecule has 0 aromatic heterocycles. The second-order valence-electron chi connectivity index (χ2n) is 5.14. The van der Waals surface area contributed by atoms with E-state index in [1.165, 1.54) is 0 Å². The number of nitrogens with zero attached hydrogens (tertiary/aromatic N) is 1. The molecule has 0 radical (unpaired) electrons. The van der Waals surface area contributed by atoms with E-state index in [9.17, 15) is 4.79 Å². The number of rotatable bonds is 8. The van der Waals surface area contributed by atoms with Gasteiger partial charge in [-0.15, -0.1) is 0 Å². The topological polar surface area (TPSA) is 20.3 Å². The molecule has 0 atom stereocenters. The number of hydrogen-bond donors (Lipinski definition) is 0. The molecule has 0 aliphatic rings. The Morgan fingerprint density at radius 2 is 1.73 bits per heavy atom. The maximum atomic E-state index is 10.8. The summed E-state index contributed by atoms with van der Waals surface area (Å²) in [5.41, 5.74) is 0. The van der Waals surface area contributed by atoms with Crippen LogP contribution < -0.4 is 0 Å². The van der Waals surface area contributed by atoms with Gasteiger partial charge in [0, 0.05) is 19.0 Å². The Kier molecular flexibility index (Phi) is 7.67. The van der Waals surface area contributed by atoms with Crippen LogP contribution in [0.15, 0.2) is 0 Å². The summed E-state index contributed by atoms with van der Waals surface area (Å²) in [4.78, 5) is 13.3. The quantitative estimate of drug-likeness (QED) is 0.577. The predicted octanol–water partition coefficient (Wildman–Crippen LogP) is 3.11. The lowest BCUT2D eigenvalue weighted by Gasteiger charge is -2.28. The van der Waals surface area contributed by atoms with Crippen molar-refractivity contribution in [2.24, 2.45) is 5.92 Å². The van der Waals surface area contributed by atoms with Crippen LogP contribution in [-0.4, -0.2) is 29.8 Å². The first kappa shape index (κ1) is 14.6. The van der Waals surface area contributed by atoms with Crippen molar-refractivity contribution in [3.05, 3.63) is 0 Å². The Morgan fingerprint density at radius 1 is 1.13 bits per heavy atom. The summed E-state index contributed by atoms with van der Waals surface area (Å²) >= 11 is 0. The first-order chi connectivity index (χ1) is 6.93. The van der Waals surface area contributed by atoms with Crippen molar-refractivity contribution in [2.75, 3.05) is 13.1 Å². The molecule has 0 bridgehead atoms. The summed E-state index contributed by atoms with van der Waals surface area (Å²) in [6, 6.07) is 0.615. The van der Waals surface area contributed by atoms with Crippen molar-refractivity contribution in [3.63, 3.8) is 0 Å². The first-order valence-electron chi connectivity index (χ1n) is 6.17. The van der Waals surface area contributed by atoms with Crippen LogP contribution in [0, 0.1) is 5.92 Å². The standard InChI is InChI=1S/C13H27NO/c1-11(2)10-14(12(3)4)9-7-6-8-13(5)15/h11-12H,6-10H2,1-5H3. The third-order valence-electron chi connectivity index (χ3n) is 2.55. The van der Waals surface area contributed by atoms with Crippen LogP contribution in [0.25, 0.3) is 0 Å². The maximum Gasteiger partial charge on any atom is 0.129 e. The molecule has 2 nitrogen and oxygen atoms in total. The lowest BCUT2D eigenvalue weighted by molar-refractivity contribution is -0.117. The second-order valence-corrected chi connectivity index (χ2v) is 5.14. The van der Waals surface area contributed by atoms with Gasteiger partial charge in [0.15, 0.2) is 0 Å². The zero-order valence-electron chi connectivity index (χ0n) is 11.0. The minimum absolute atomic E-state index is 0.315. The molecule has 0 aliphatic carbocycles. The van der Waals surface area contributed by atoms with Gasteiger partial charge in [-0.3, -0.25) is 0 Å². The molecule has 0 aromatic carbocycles. The molecule has 0 spiro atoms. The zero-order valence-corrected chi connectivity index (χ0v) is 11.0. The highest BCUT2D eigenvalue weighted by molar-refractivity contribution is 5.75. The summed E-state index contributed by atoms with van der Waals surface area (Å²) in [5.74, 6) is 1.04. The van der Waals surface area contributed by atoms with Crippen molar-refractivity contribution in [3.8, 4) is 0 Å². The van der Waals surface area contributed by atoms with E-state index in [4.69, 9.17) is 0 Å². The van der Waals surface area contributed by atoms with Crippen LogP contribution in [0.4, 0.5) is 0 Å². The third kappa shape index (κ3) is 8.61. The fourth-order valence-corrected chi connectivity index (χ4v) is 1.72. The van der Waals surface area contributed by atoms with Crippen LogP contribution >= 0.6 is 0 Å². The summed E-state index contributed by atoms with van der Waals surface area (Å²) < 4.78 is 0. The molecule has 0 saturated carbocycles. The number of Topliss-reactive ketones (excluding diaryl/α,β-unsaturated/α-hetero) is 1. The lowest BCUT2D eigenvalue weighted by atomic mass is 10.1. The van der Waals surface area contributed by atoms with Gasteiger partial charge in [-0.25, -0.2) is 0 Å². The predicted molar refractivity (Wildman–Crippen MR) is 66.1 cm³/mol. The Bertz CT molecular complexity index is 175. The van der Waals surface area contributed by atoms with E-state index < -0.39 is 0 Å². The summed E-state index contributed by atoms with van der Waals surface area (Å²) in [5, 5.41) is 0. The van der Waals surface area contributed by atoms with Gasteiger partial charge in [0.1, 0.15) is 5.78 Å². The van der Waals surface area contributed by atoms with Crippen molar-refractivity contribution in [1.29, 1.82) is 0 Å². The van der Waals surface area contributed by atoms with Gasteiger partial charge in [0.2, 0.25) is 0 Å². The Hall–Kier alpha value is -0.370. The van der Waals surface area contributed by atoms with Gasteiger partial charge in [-0.05, 0) is 46.1 Å². The van der Waals surface area contributed by atoms with E-state index in [1.54, 1.807) is 6.92 Å². The zero-order chi connectivity index (χ0) is 11.8. The number of hydrogen-bond acceptors (Lipinski definition) is 2. The molecular formula is C13H27NO. The van der Waals surface area contributed by atoms with E-state index in [0.29, 0.717) is 11.8 Å². The van der Waals surface area contributed by atoms with Crippen LogP contribution in [-0.2, 0) is 4.79 Å². The van der Waals surface area contributed by atoms with Crippen molar-refractivity contribution in [1.82, 2.24) is 4.90 Å². The first-order valence-corrected chi connectivity index (χ1v) is 6.17. The van der Waals surface area contributed by atoms with Gasteiger partial charge >= 0.3 is 0 Å². The number of carbonyl (C=O) groups excluding carboxylic acids is 1. The van der Waals surface area contributed by atoms with Crippen LogP contribution in [0.2, 0.25) is 0 Å². The Balaban J connectivity index is 3.71. The van der Waals surface area contributed by atoms with Crippen LogP contribution in [0.3, 0.4) is 0 Å². The summed E-state index contributed by atoms with van der Waals surface area (Å²) in [6.07, 6.45) is 2.93. The van der Waals surface area contributed by atoms with Gasteiger partial charge in [-0.2, -0.15) is 0 Å². The van der Waals surface area contributed by atoms with Crippen molar-refractivity contribution < 1.29 is 4.79 Å². The highest BCUT2D eigenvalue weighted by Crippen LogP contribution is 2.07. The third-order valence-corrected chi connectivity index (χ3v) is 2.55. The molecule has 0 unspecified atom stereocenters. The van der Waals surface area contributed by atoms with E-state index >= 15 is 0 Å². The number of carbonyl (C=O) groups is 1. The highest BCUT2D eigenvalue weighted by atomic mass is 16.1. The summed E-state index contributed by atoms with van der Waals surface area (Å²) in [7, 11) is 0. The van der Waals surface area contributed by atoms with Crippen LogP contribution in [0.1, 0.15) is 53.9 Å². The highest BCUT2D eigenvalue weighted by Gasteiger charge is 2.10. The minimum atomic E-state index is 0.315. The molecule has 0 aliphatic heterocycles. The van der Waals surface area contributed by atoms with Gasteiger partial charge in [0.05, 0.1) is 0 Å². The molecule has 0 aromatic rings. The molecule has 0 N–H and O–H groups in total. The molecule has 0 heterocycles. The normalized spacial score (nSPS) is 11.7. The van der Waals surface area contributed by atoms with Gasteiger partial charge in [-0.1, -0.05) is 13.8 Å². The second kappa shape index (κ2) is 7.86. The minimum Gasteiger partial charge on any atom is -0.301 e. The Labute approximate surface area is 95.0 Å². The summed E-state index contributed by atoms with van der Waals surface area (Å²) in [6.45, 7) is 13.0. The molecule has 0 amide bonds. The molecular weight excluding hydrogens is 186 g/mol. The van der Waals surface area contributed by atoms with Crippen molar-refractivity contribution >= 4 is 5.78 Å². The molecule has 2 heteroatoms. The van der Waals surface area contributed by atoms with E-state index in [2.05, 4.69) is 32.6 Å². The van der Waals surface area contributed by atoms with Gasteiger partial charge < -0.3 is 9.69 Å². The molecule has 90 valence electrons. The average Bonchev–Trinajstić information content (AvgIpc) is 2.08. The SMILES string of the molecule is CC(=O)CCCCN(CC(C)C)C(C)C. The molecule has 15 heavy (non-hydrogen) atoms. The van der Waals surface area contributed by atoms with Crippen LogP contribution in [0.5, 0.6) is 0 Å². The number of unbranched alkanes of at least 4 members (excludes halogenated alkanes) is 1. The van der Waals surface area contributed by atoms with Crippen molar-refractivity contribution in [2.45, 2.75) is 59.9 Å². The molecule has 0 rings (SSSR count). The van der Waals surface area contributed by atoms with E-state index in [0.717, 1.165) is 38.3 Å². The monoisotopic (exact) mass is 213 g/mol. The van der Waals surface area contributed by atoms with E-state index in [-0.39, 0.29) is 0 Å². The molecule has 0 saturated heterocycles. The number of ketones is 1. The van der Waals surface area contributed by atoms with E-state index in [1.807, 2.05) is 0 Å². The average molecular weight is 213 g/mol. The fourth-order valence-electron chi connectivity index (χ4n) is 1.72. The Morgan fingerprint density at radius 3 is 2.13 bits per heavy atom. The fraction of sp³-hybridized carbons (Fsp3) is 0.923. The smallest absolute Gasteiger partial charge is 0.129 e. The van der Waals surface area contributed by atoms with Gasteiger partial charge in [0.25, 0.3) is 0 Å². The lowest BCUT2D eigenvalue weighted by Crippen LogP contribution is -2.35.